The Morgan fingerprint density at radius 3 is 3.00 bits per heavy atom. The van der Waals surface area contributed by atoms with E-state index in [-0.39, 0.29) is 18.4 Å². The zero-order valence-electron chi connectivity index (χ0n) is 9.65. The van der Waals surface area contributed by atoms with Gasteiger partial charge in [0.15, 0.2) is 0 Å². The van der Waals surface area contributed by atoms with E-state index in [1.807, 2.05) is 0 Å². The van der Waals surface area contributed by atoms with Gasteiger partial charge in [0.25, 0.3) is 0 Å². The van der Waals surface area contributed by atoms with Crippen LogP contribution in [0, 0.1) is 11.6 Å². The molecule has 0 saturated carbocycles. The quantitative estimate of drug-likeness (QED) is 0.776. The molecule has 1 aliphatic rings. The van der Waals surface area contributed by atoms with Crippen LogP contribution >= 0.6 is 0 Å². The Labute approximate surface area is 102 Å². The molecule has 18 heavy (non-hydrogen) atoms. The predicted octanol–water partition coefficient (Wildman–Crippen LogP) is 2.02. The van der Waals surface area contributed by atoms with Crippen LogP contribution in [0.3, 0.4) is 0 Å². The molecule has 0 bridgehead atoms. The zero-order chi connectivity index (χ0) is 13.1. The van der Waals surface area contributed by atoms with E-state index >= 15 is 0 Å². The fourth-order valence-electron chi connectivity index (χ4n) is 1.69. The number of carbonyl (C=O) groups excluding carboxylic acids is 1. The molecule has 1 aromatic carbocycles. The van der Waals surface area contributed by atoms with Gasteiger partial charge in [0.1, 0.15) is 17.7 Å². The van der Waals surface area contributed by atoms with Gasteiger partial charge < -0.3 is 9.57 Å². The van der Waals surface area contributed by atoms with Crippen molar-refractivity contribution in [1.82, 2.24) is 0 Å². The van der Waals surface area contributed by atoms with Crippen LogP contribution in [0.2, 0.25) is 0 Å². The van der Waals surface area contributed by atoms with Gasteiger partial charge in [0.2, 0.25) is 0 Å². The summed E-state index contributed by atoms with van der Waals surface area (Å²) in [5.41, 5.74) is 0.546. The van der Waals surface area contributed by atoms with E-state index in [9.17, 15) is 13.6 Å². The molecule has 2 rings (SSSR count). The molecular formula is C12H11F2NO3. The van der Waals surface area contributed by atoms with Gasteiger partial charge in [-0.2, -0.15) is 0 Å². The highest BCUT2D eigenvalue weighted by Gasteiger charge is 2.26. The van der Waals surface area contributed by atoms with Crippen molar-refractivity contribution < 1.29 is 23.1 Å². The second-order valence-electron chi connectivity index (χ2n) is 3.87. The Hall–Kier alpha value is -1.98. The van der Waals surface area contributed by atoms with E-state index in [0.717, 1.165) is 12.1 Å². The highest BCUT2D eigenvalue weighted by Crippen LogP contribution is 2.21. The summed E-state index contributed by atoms with van der Waals surface area (Å²) in [5, 5.41) is 3.71. The topological polar surface area (TPSA) is 47.9 Å². The van der Waals surface area contributed by atoms with Crippen LogP contribution in [-0.2, 0) is 14.4 Å². The van der Waals surface area contributed by atoms with E-state index < -0.39 is 23.7 Å². The van der Waals surface area contributed by atoms with Crippen LogP contribution in [0.25, 0.3) is 0 Å². The Morgan fingerprint density at radius 1 is 1.56 bits per heavy atom. The lowest BCUT2D eigenvalue weighted by Gasteiger charge is -2.05. The highest BCUT2D eigenvalue weighted by molar-refractivity contribution is 6.01. The first-order valence-electron chi connectivity index (χ1n) is 5.35. The van der Waals surface area contributed by atoms with Crippen LogP contribution in [0.15, 0.2) is 23.4 Å². The predicted molar refractivity (Wildman–Crippen MR) is 59.0 cm³/mol. The van der Waals surface area contributed by atoms with Crippen LogP contribution in [0.4, 0.5) is 8.78 Å². The molecule has 0 N–H and O–H groups in total. The van der Waals surface area contributed by atoms with E-state index in [0.29, 0.717) is 5.71 Å². The minimum atomic E-state index is -0.698. The number of hydrogen-bond acceptors (Lipinski definition) is 4. The number of rotatable bonds is 3. The largest absolute Gasteiger partial charge is 0.469 e. The number of carbonyl (C=O) groups is 1. The third-order valence-electron chi connectivity index (χ3n) is 2.60. The number of hydrogen-bond donors (Lipinski definition) is 0. The molecule has 0 spiro atoms. The molecule has 1 atom stereocenters. The van der Waals surface area contributed by atoms with Crippen molar-refractivity contribution in [3.63, 3.8) is 0 Å². The SMILES string of the molecule is COC(=O)CC1CC(c2ccc(F)cc2F)=NO1. The molecule has 6 heteroatoms. The van der Waals surface area contributed by atoms with Gasteiger partial charge in [-0.1, -0.05) is 5.16 Å². The first-order chi connectivity index (χ1) is 8.60. The molecule has 1 heterocycles. The molecule has 1 aromatic rings. The van der Waals surface area contributed by atoms with Gasteiger partial charge in [-0.3, -0.25) is 4.79 Å². The normalized spacial score (nSPS) is 18.2. The molecule has 1 aliphatic heterocycles. The average molecular weight is 255 g/mol. The van der Waals surface area contributed by atoms with Gasteiger partial charge in [0.05, 0.1) is 19.2 Å². The summed E-state index contributed by atoms with van der Waals surface area (Å²) in [5.74, 6) is -1.77. The van der Waals surface area contributed by atoms with Crippen LogP contribution < -0.4 is 0 Å². The molecule has 0 amide bonds. The minimum Gasteiger partial charge on any atom is -0.469 e. The molecule has 0 aromatic heterocycles. The Kier molecular flexibility index (Phi) is 3.55. The van der Waals surface area contributed by atoms with Crippen LogP contribution in [0.5, 0.6) is 0 Å². The fourth-order valence-corrected chi connectivity index (χ4v) is 1.69. The average Bonchev–Trinajstić information content (AvgIpc) is 2.77. The van der Waals surface area contributed by atoms with E-state index in [2.05, 4.69) is 9.89 Å². The summed E-state index contributed by atoms with van der Waals surface area (Å²) in [6.45, 7) is 0. The van der Waals surface area contributed by atoms with Crippen molar-refractivity contribution >= 4 is 11.7 Å². The van der Waals surface area contributed by atoms with Crippen molar-refractivity contribution in [1.29, 1.82) is 0 Å². The summed E-state index contributed by atoms with van der Waals surface area (Å²) in [7, 11) is 1.28. The standard InChI is InChI=1S/C12H11F2NO3/c1-17-12(16)6-8-5-11(15-18-8)9-3-2-7(13)4-10(9)14/h2-4,8H,5-6H2,1H3. The van der Waals surface area contributed by atoms with Gasteiger partial charge in [-0.15, -0.1) is 0 Å². The molecule has 0 fully saturated rings. The maximum atomic E-state index is 13.5. The lowest BCUT2D eigenvalue weighted by Crippen LogP contribution is -2.15. The molecule has 0 aliphatic carbocycles. The smallest absolute Gasteiger partial charge is 0.309 e. The molecular weight excluding hydrogens is 244 g/mol. The summed E-state index contributed by atoms with van der Waals surface area (Å²) in [6.07, 6.45) is -0.124. The maximum Gasteiger partial charge on any atom is 0.309 e. The van der Waals surface area contributed by atoms with Crippen LogP contribution in [-0.4, -0.2) is 24.9 Å². The first kappa shape index (κ1) is 12.5. The third-order valence-corrected chi connectivity index (χ3v) is 2.60. The third kappa shape index (κ3) is 2.64. The highest BCUT2D eigenvalue weighted by atomic mass is 19.1. The molecule has 4 nitrogen and oxygen atoms in total. The lowest BCUT2D eigenvalue weighted by molar-refractivity contribution is -0.143. The van der Waals surface area contributed by atoms with Crippen molar-refractivity contribution in [2.75, 3.05) is 7.11 Å². The second kappa shape index (κ2) is 5.12. The summed E-state index contributed by atoms with van der Waals surface area (Å²) in [6, 6.07) is 3.23. The molecule has 96 valence electrons. The van der Waals surface area contributed by atoms with Gasteiger partial charge in [-0.25, -0.2) is 8.78 Å². The summed E-state index contributed by atoms with van der Waals surface area (Å²) >= 11 is 0. The van der Waals surface area contributed by atoms with E-state index in [1.54, 1.807) is 0 Å². The number of ether oxygens (including phenoxy) is 1. The number of nitrogens with zero attached hydrogens (tertiary/aromatic N) is 1. The monoisotopic (exact) mass is 255 g/mol. The second-order valence-corrected chi connectivity index (χ2v) is 3.87. The van der Waals surface area contributed by atoms with Gasteiger partial charge in [0, 0.05) is 18.1 Å². The van der Waals surface area contributed by atoms with E-state index in [1.165, 1.54) is 13.2 Å². The number of oxime groups is 1. The van der Waals surface area contributed by atoms with Gasteiger partial charge >= 0.3 is 5.97 Å². The number of methoxy groups -OCH3 is 1. The lowest BCUT2D eigenvalue weighted by atomic mass is 10.0. The number of benzene rings is 1. The number of esters is 1. The Balaban J connectivity index is 2.06. The Morgan fingerprint density at radius 2 is 2.33 bits per heavy atom. The maximum absolute atomic E-state index is 13.5. The van der Waals surface area contributed by atoms with Crippen LogP contribution in [0.1, 0.15) is 18.4 Å². The van der Waals surface area contributed by atoms with Crippen molar-refractivity contribution in [3.8, 4) is 0 Å². The van der Waals surface area contributed by atoms with Gasteiger partial charge in [-0.05, 0) is 12.1 Å². The summed E-state index contributed by atoms with van der Waals surface area (Å²) < 4.78 is 30.7. The zero-order valence-corrected chi connectivity index (χ0v) is 9.65. The fraction of sp³-hybridized carbons (Fsp3) is 0.333. The van der Waals surface area contributed by atoms with Crippen molar-refractivity contribution in [3.05, 3.63) is 35.4 Å². The molecule has 0 saturated heterocycles. The number of halogens is 2. The Bertz CT molecular complexity index is 502. The van der Waals surface area contributed by atoms with E-state index in [4.69, 9.17) is 4.84 Å². The van der Waals surface area contributed by atoms with Crippen molar-refractivity contribution in [2.45, 2.75) is 18.9 Å². The van der Waals surface area contributed by atoms with Crippen molar-refractivity contribution in [2.24, 2.45) is 5.16 Å². The summed E-state index contributed by atoms with van der Waals surface area (Å²) in [4.78, 5) is 16.1. The molecule has 0 radical (unpaired) electrons. The minimum absolute atomic E-state index is 0.0479. The molecule has 1 unspecified atom stereocenters. The first-order valence-corrected chi connectivity index (χ1v) is 5.35.